The van der Waals surface area contributed by atoms with Crippen molar-refractivity contribution in [1.29, 1.82) is 0 Å². The van der Waals surface area contributed by atoms with Crippen LogP contribution in [0.4, 0.5) is 5.82 Å². The van der Waals surface area contributed by atoms with Gasteiger partial charge >= 0.3 is 0 Å². The van der Waals surface area contributed by atoms with Crippen LogP contribution in [0.5, 0.6) is 0 Å². The maximum absolute atomic E-state index is 12.1. The summed E-state index contributed by atoms with van der Waals surface area (Å²) in [5.41, 5.74) is 3.49. The lowest BCUT2D eigenvalue weighted by molar-refractivity contribution is 0.0954. The van der Waals surface area contributed by atoms with Crippen molar-refractivity contribution in [2.24, 2.45) is 0 Å². The minimum atomic E-state index is -0.0789. The van der Waals surface area contributed by atoms with E-state index in [2.05, 4.69) is 20.2 Å². The second-order valence-electron chi connectivity index (χ2n) is 5.07. The smallest absolute Gasteiger partial charge is 0.263 e. The molecule has 3 heterocycles. The SMILES string of the molecule is Cc1ncsc1C(=O)NCc1ccnc(N2CCOCC2)c1. The number of nitrogens with zero attached hydrogens (tertiary/aromatic N) is 3. The van der Waals surface area contributed by atoms with Crippen LogP contribution in [0.3, 0.4) is 0 Å². The molecule has 1 fully saturated rings. The normalized spacial score (nSPS) is 14.9. The monoisotopic (exact) mass is 318 g/mol. The van der Waals surface area contributed by atoms with Gasteiger partial charge in [0, 0.05) is 25.8 Å². The van der Waals surface area contributed by atoms with E-state index in [9.17, 15) is 4.79 Å². The van der Waals surface area contributed by atoms with Crippen LogP contribution in [0.15, 0.2) is 23.8 Å². The molecule has 0 radical (unpaired) electrons. The topological polar surface area (TPSA) is 67.4 Å². The molecule has 1 amide bonds. The van der Waals surface area contributed by atoms with E-state index in [0.29, 0.717) is 11.4 Å². The van der Waals surface area contributed by atoms with Crippen LogP contribution in [0.25, 0.3) is 0 Å². The van der Waals surface area contributed by atoms with Crippen molar-refractivity contribution in [3.63, 3.8) is 0 Å². The zero-order chi connectivity index (χ0) is 15.4. The van der Waals surface area contributed by atoms with Gasteiger partial charge < -0.3 is 15.0 Å². The van der Waals surface area contributed by atoms with Crippen molar-refractivity contribution >= 4 is 23.1 Å². The predicted octanol–water partition coefficient (Wildman–Crippen LogP) is 1.61. The third-order valence-corrected chi connectivity index (χ3v) is 4.48. The Morgan fingerprint density at radius 2 is 2.23 bits per heavy atom. The lowest BCUT2D eigenvalue weighted by atomic mass is 10.2. The summed E-state index contributed by atoms with van der Waals surface area (Å²) < 4.78 is 5.35. The molecular formula is C15H18N4O2S. The summed E-state index contributed by atoms with van der Waals surface area (Å²) in [7, 11) is 0. The number of morpholine rings is 1. The molecule has 116 valence electrons. The summed E-state index contributed by atoms with van der Waals surface area (Å²) in [5, 5.41) is 2.93. The van der Waals surface area contributed by atoms with Crippen LogP contribution in [0.1, 0.15) is 20.9 Å². The second-order valence-corrected chi connectivity index (χ2v) is 5.93. The fraction of sp³-hybridized carbons (Fsp3) is 0.400. The van der Waals surface area contributed by atoms with Gasteiger partial charge in [0.05, 0.1) is 24.4 Å². The maximum atomic E-state index is 12.1. The minimum Gasteiger partial charge on any atom is -0.378 e. The largest absolute Gasteiger partial charge is 0.378 e. The summed E-state index contributed by atoms with van der Waals surface area (Å²) in [4.78, 5) is 23.5. The molecule has 1 N–H and O–H groups in total. The van der Waals surface area contributed by atoms with E-state index in [1.165, 1.54) is 11.3 Å². The van der Waals surface area contributed by atoms with E-state index in [-0.39, 0.29) is 5.91 Å². The van der Waals surface area contributed by atoms with Crippen molar-refractivity contribution in [1.82, 2.24) is 15.3 Å². The number of amides is 1. The van der Waals surface area contributed by atoms with Crippen molar-refractivity contribution in [2.45, 2.75) is 13.5 Å². The molecule has 0 unspecified atom stereocenters. The standard InChI is InChI=1S/C15H18N4O2S/c1-11-14(22-10-18-11)15(20)17-9-12-2-3-16-13(8-12)19-4-6-21-7-5-19/h2-3,8,10H,4-7,9H2,1H3,(H,17,20). The Kier molecular flexibility index (Phi) is 4.65. The second kappa shape index (κ2) is 6.85. The van der Waals surface area contributed by atoms with Crippen LogP contribution in [-0.2, 0) is 11.3 Å². The molecule has 0 spiro atoms. The highest BCUT2D eigenvalue weighted by molar-refractivity contribution is 7.11. The third kappa shape index (κ3) is 3.42. The van der Waals surface area contributed by atoms with E-state index < -0.39 is 0 Å². The van der Waals surface area contributed by atoms with Gasteiger partial charge in [-0.15, -0.1) is 11.3 Å². The number of carbonyl (C=O) groups excluding carboxylic acids is 1. The van der Waals surface area contributed by atoms with Gasteiger partial charge in [-0.1, -0.05) is 0 Å². The number of anilines is 1. The highest BCUT2D eigenvalue weighted by Gasteiger charge is 2.14. The number of ether oxygens (including phenoxy) is 1. The summed E-state index contributed by atoms with van der Waals surface area (Å²) in [6, 6.07) is 3.94. The molecule has 1 aliphatic heterocycles. The number of thiazole rings is 1. The van der Waals surface area contributed by atoms with Gasteiger partial charge in [0.1, 0.15) is 10.7 Å². The first-order chi connectivity index (χ1) is 10.7. The molecule has 0 bridgehead atoms. The lowest BCUT2D eigenvalue weighted by Gasteiger charge is -2.28. The van der Waals surface area contributed by atoms with Gasteiger partial charge in [0.2, 0.25) is 0 Å². The Hall–Kier alpha value is -1.99. The highest BCUT2D eigenvalue weighted by atomic mass is 32.1. The van der Waals surface area contributed by atoms with E-state index in [1.807, 2.05) is 19.1 Å². The minimum absolute atomic E-state index is 0.0789. The maximum Gasteiger partial charge on any atom is 0.263 e. The molecule has 22 heavy (non-hydrogen) atoms. The molecule has 2 aromatic rings. The average Bonchev–Trinajstić information content (AvgIpc) is 3.00. The summed E-state index contributed by atoms with van der Waals surface area (Å²) in [6.45, 7) is 5.48. The Balaban J connectivity index is 1.63. The number of pyridine rings is 1. The first-order valence-electron chi connectivity index (χ1n) is 7.20. The molecule has 0 aromatic carbocycles. The number of hydrogen-bond acceptors (Lipinski definition) is 6. The summed E-state index contributed by atoms with van der Waals surface area (Å²) >= 11 is 1.36. The number of hydrogen-bond donors (Lipinski definition) is 1. The average molecular weight is 318 g/mol. The summed E-state index contributed by atoms with van der Waals surface area (Å²) in [5.74, 6) is 0.855. The van der Waals surface area contributed by atoms with E-state index in [1.54, 1.807) is 11.7 Å². The molecular weight excluding hydrogens is 300 g/mol. The van der Waals surface area contributed by atoms with Gasteiger partial charge in [-0.25, -0.2) is 9.97 Å². The molecule has 1 aliphatic rings. The molecule has 3 rings (SSSR count). The molecule has 1 saturated heterocycles. The number of aryl methyl sites for hydroxylation is 1. The Morgan fingerprint density at radius 3 is 2.95 bits per heavy atom. The van der Waals surface area contributed by atoms with Crippen molar-refractivity contribution in [3.8, 4) is 0 Å². The predicted molar refractivity (Wildman–Crippen MR) is 85.3 cm³/mol. The first kappa shape index (κ1) is 14.9. The van der Waals surface area contributed by atoms with Gasteiger partial charge in [-0.3, -0.25) is 4.79 Å². The quantitative estimate of drug-likeness (QED) is 0.928. The number of rotatable bonds is 4. The molecule has 0 saturated carbocycles. The molecule has 0 atom stereocenters. The van der Waals surface area contributed by atoms with E-state index in [4.69, 9.17) is 4.74 Å². The molecule has 2 aromatic heterocycles. The Morgan fingerprint density at radius 1 is 1.41 bits per heavy atom. The van der Waals surface area contributed by atoms with Crippen molar-refractivity contribution < 1.29 is 9.53 Å². The Labute approximate surface area is 133 Å². The molecule has 0 aliphatic carbocycles. The van der Waals surface area contributed by atoms with Gasteiger partial charge in [0.25, 0.3) is 5.91 Å². The summed E-state index contributed by atoms with van der Waals surface area (Å²) in [6.07, 6.45) is 1.78. The number of aromatic nitrogens is 2. The fourth-order valence-electron chi connectivity index (χ4n) is 2.32. The van der Waals surface area contributed by atoms with Gasteiger partial charge in [0.15, 0.2) is 0 Å². The zero-order valence-electron chi connectivity index (χ0n) is 12.4. The first-order valence-corrected chi connectivity index (χ1v) is 8.08. The van der Waals surface area contributed by atoms with Crippen LogP contribution in [0.2, 0.25) is 0 Å². The van der Waals surface area contributed by atoms with Crippen LogP contribution < -0.4 is 10.2 Å². The number of nitrogens with one attached hydrogen (secondary N) is 1. The van der Waals surface area contributed by atoms with Gasteiger partial charge in [-0.2, -0.15) is 0 Å². The van der Waals surface area contributed by atoms with Gasteiger partial charge in [-0.05, 0) is 24.6 Å². The lowest BCUT2D eigenvalue weighted by Crippen LogP contribution is -2.36. The molecule has 6 nitrogen and oxygen atoms in total. The van der Waals surface area contributed by atoms with E-state index in [0.717, 1.165) is 43.4 Å². The zero-order valence-corrected chi connectivity index (χ0v) is 13.2. The highest BCUT2D eigenvalue weighted by Crippen LogP contribution is 2.15. The molecule has 7 heteroatoms. The van der Waals surface area contributed by atoms with Crippen LogP contribution in [0, 0.1) is 6.92 Å². The fourth-order valence-corrected chi connectivity index (χ4v) is 3.04. The van der Waals surface area contributed by atoms with Crippen molar-refractivity contribution in [2.75, 3.05) is 31.2 Å². The van der Waals surface area contributed by atoms with Crippen molar-refractivity contribution in [3.05, 3.63) is 40.0 Å². The van der Waals surface area contributed by atoms with Crippen LogP contribution >= 0.6 is 11.3 Å². The van der Waals surface area contributed by atoms with Crippen LogP contribution in [-0.4, -0.2) is 42.2 Å². The Bertz CT molecular complexity index is 652. The third-order valence-electron chi connectivity index (χ3n) is 3.55. The van der Waals surface area contributed by atoms with E-state index >= 15 is 0 Å². The number of carbonyl (C=O) groups is 1.